The highest BCUT2D eigenvalue weighted by molar-refractivity contribution is 5.87. The molecule has 3 rings (SSSR count). The van der Waals surface area contributed by atoms with E-state index in [0.717, 1.165) is 44.3 Å². The van der Waals surface area contributed by atoms with Gasteiger partial charge in [-0.3, -0.25) is 9.59 Å². The highest BCUT2D eigenvalue weighted by Crippen LogP contribution is 2.28. The Morgan fingerprint density at radius 3 is 2.70 bits per heavy atom. The van der Waals surface area contributed by atoms with Crippen LogP contribution in [0.15, 0.2) is 18.2 Å². The molecule has 1 aromatic carbocycles. The van der Waals surface area contributed by atoms with E-state index in [4.69, 9.17) is 0 Å². The molecular formula is C18H25N3O2. The Bertz CT molecular complexity index is 594. The lowest BCUT2D eigenvalue weighted by Gasteiger charge is -2.23. The highest BCUT2D eigenvalue weighted by Gasteiger charge is 2.31. The Morgan fingerprint density at radius 2 is 1.96 bits per heavy atom. The first kappa shape index (κ1) is 16.0. The van der Waals surface area contributed by atoms with Gasteiger partial charge in [0, 0.05) is 26.6 Å². The van der Waals surface area contributed by atoms with Crippen LogP contribution in [0, 0.1) is 5.92 Å². The van der Waals surface area contributed by atoms with Crippen molar-refractivity contribution in [3.05, 3.63) is 34.9 Å². The summed E-state index contributed by atoms with van der Waals surface area (Å²) in [5.41, 5.74) is 3.75. The van der Waals surface area contributed by atoms with Crippen LogP contribution in [0.5, 0.6) is 0 Å². The molecule has 2 amide bonds. The van der Waals surface area contributed by atoms with Gasteiger partial charge in [0.2, 0.25) is 11.8 Å². The van der Waals surface area contributed by atoms with Gasteiger partial charge in [0.05, 0.1) is 0 Å². The van der Waals surface area contributed by atoms with E-state index in [-0.39, 0.29) is 17.7 Å². The lowest BCUT2D eigenvalue weighted by Crippen LogP contribution is -2.49. The smallest absolute Gasteiger partial charge is 0.243 e. The molecule has 2 aliphatic rings. The fraction of sp³-hybridized carbons (Fsp3) is 0.556. The molecule has 5 nitrogen and oxygen atoms in total. The SMILES string of the molecule is CC(=O)NC(C(=O)NCc1ccc2c(c1)CNC2)C1CCCC1. The van der Waals surface area contributed by atoms with E-state index in [1.165, 1.54) is 18.1 Å². The molecule has 23 heavy (non-hydrogen) atoms. The first-order chi connectivity index (χ1) is 11.1. The van der Waals surface area contributed by atoms with Crippen molar-refractivity contribution in [2.45, 2.75) is 58.3 Å². The molecule has 1 aliphatic carbocycles. The zero-order valence-corrected chi connectivity index (χ0v) is 13.7. The van der Waals surface area contributed by atoms with Gasteiger partial charge in [-0.15, -0.1) is 0 Å². The number of hydrogen-bond donors (Lipinski definition) is 3. The van der Waals surface area contributed by atoms with Crippen LogP contribution in [0.1, 0.15) is 49.3 Å². The van der Waals surface area contributed by atoms with Crippen molar-refractivity contribution in [3.63, 3.8) is 0 Å². The molecule has 0 spiro atoms. The molecule has 0 bridgehead atoms. The Labute approximate surface area is 137 Å². The Morgan fingerprint density at radius 1 is 1.22 bits per heavy atom. The summed E-state index contributed by atoms with van der Waals surface area (Å²) in [4.78, 5) is 24.0. The van der Waals surface area contributed by atoms with Crippen LogP contribution in [-0.2, 0) is 29.2 Å². The molecule has 1 aliphatic heterocycles. The van der Waals surface area contributed by atoms with E-state index in [1.807, 2.05) is 0 Å². The standard InChI is InChI=1S/C18H25N3O2/c1-12(22)21-17(14-4-2-3-5-14)18(23)20-9-13-6-7-15-10-19-11-16(15)8-13/h6-8,14,17,19H,2-5,9-11H2,1H3,(H,20,23)(H,21,22). The Hall–Kier alpha value is -1.88. The number of carbonyl (C=O) groups excluding carboxylic acids is 2. The molecule has 1 heterocycles. The Kier molecular flexibility index (Phi) is 4.96. The quantitative estimate of drug-likeness (QED) is 0.773. The summed E-state index contributed by atoms with van der Waals surface area (Å²) in [6.45, 7) is 3.81. The van der Waals surface area contributed by atoms with Crippen LogP contribution in [0.4, 0.5) is 0 Å². The summed E-state index contributed by atoms with van der Waals surface area (Å²) in [5, 5.41) is 9.16. The van der Waals surface area contributed by atoms with Crippen molar-refractivity contribution >= 4 is 11.8 Å². The number of nitrogens with one attached hydrogen (secondary N) is 3. The van der Waals surface area contributed by atoms with Crippen LogP contribution >= 0.6 is 0 Å². The molecule has 1 fully saturated rings. The molecule has 1 atom stereocenters. The first-order valence-corrected chi connectivity index (χ1v) is 8.49. The molecule has 5 heteroatoms. The lowest BCUT2D eigenvalue weighted by molar-refractivity contribution is -0.129. The van der Waals surface area contributed by atoms with E-state index in [1.54, 1.807) is 0 Å². The summed E-state index contributed by atoms with van der Waals surface area (Å²) in [6.07, 6.45) is 4.32. The number of benzene rings is 1. The topological polar surface area (TPSA) is 70.2 Å². The van der Waals surface area contributed by atoms with E-state index < -0.39 is 6.04 Å². The average molecular weight is 315 g/mol. The number of fused-ring (bicyclic) bond motifs is 1. The van der Waals surface area contributed by atoms with Gasteiger partial charge in [-0.2, -0.15) is 0 Å². The summed E-state index contributed by atoms with van der Waals surface area (Å²) >= 11 is 0. The van der Waals surface area contributed by atoms with E-state index >= 15 is 0 Å². The molecule has 1 aromatic rings. The van der Waals surface area contributed by atoms with Gasteiger partial charge < -0.3 is 16.0 Å². The van der Waals surface area contributed by atoms with Crippen LogP contribution in [0.3, 0.4) is 0 Å². The second-order valence-electron chi connectivity index (χ2n) is 6.65. The molecule has 0 saturated heterocycles. The average Bonchev–Trinajstić information content (AvgIpc) is 3.20. The third kappa shape index (κ3) is 3.91. The van der Waals surface area contributed by atoms with Crippen LogP contribution in [-0.4, -0.2) is 17.9 Å². The van der Waals surface area contributed by atoms with Gasteiger partial charge in [0.1, 0.15) is 6.04 Å². The number of carbonyl (C=O) groups is 2. The van der Waals surface area contributed by atoms with E-state index in [9.17, 15) is 9.59 Å². The van der Waals surface area contributed by atoms with Gasteiger partial charge in [-0.25, -0.2) is 0 Å². The molecule has 3 N–H and O–H groups in total. The molecule has 0 radical (unpaired) electrons. The van der Waals surface area contributed by atoms with E-state index in [2.05, 4.69) is 34.1 Å². The second-order valence-corrected chi connectivity index (χ2v) is 6.65. The van der Waals surface area contributed by atoms with Crippen molar-refractivity contribution in [2.24, 2.45) is 5.92 Å². The van der Waals surface area contributed by atoms with Gasteiger partial charge >= 0.3 is 0 Å². The van der Waals surface area contributed by atoms with Crippen molar-refractivity contribution in [1.29, 1.82) is 0 Å². The Balaban J connectivity index is 1.60. The van der Waals surface area contributed by atoms with Crippen molar-refractivity contribution in [1.82, 2.24) is 16.0 Å². The predicted molar refractivity (Wildman–Crippen MR) is 88.4 cm³/mol. The molecule has 1 saturated carbocycles. The second kappa shape index (κ2) is 7.13. The third-order valence-electron chi connectivity index (χ3n) is 4.88. The van der Waals surface area contributed by atoms with Crippen molar-refractivity contribution in [2.75, 3.05) is 0 Å². The lowest BCUT2D eigenvalue weighted by atomic mass is 9.97. The minimum absolute atomic E-state index is 0.0641. The van der Waals surface area contributed by atoms with Crippen LogP contribution in [0.25, 0.3) is 0 Å². The summed E-state index contributed by atoms with van der Waals surface area (Å²) in [7, 11) is 0. The van der Waals surface area contributed by atoms with Gasteiger partial charge in [-0.1, -0.05) is 31.0 Å². The normalized spacial score (nSPS) is 18.5. The largest absolute Gasteiger partial charge is 0.350 e. The van der Waals surface area contributed by atoms with Gasteiger partial charge in [0.15, 0.2) is 0 Å². The maximum atomic E-state index is 12.5. The maximum absolute atomic E-state index is 12.5. The third-order valence-corrected chi connectivity index (χ3v) is 4.88. The highest BCUT2D eigenvalue weighted by atomic mass is 16.2. The fourth-order valence-electron chi connectivity index (χ4n) is 3.66. The monoisotopic (exact) mass is 315 g/mol. The summed E-state index contributed by atoms with van der Waals surface area (Å²) in [6, 6.07) is 5.94. The van der Waals surface area contributed by atoms with Crippen molar-refractivity contribution < 1.29 is 9.59 Å². The zero-order chi connectivity index (χ0) is 16.2. The number of hydrogen-bond acceptors (Lipinski definition) is 3. The maximum Gasteiger partial charge on any atom is 0.243 e. The zero-order valence-electron chi connectivity index (χ0n) is 13.7. The molecule has 124 valence electrons. The van der Waals surface area contributed by atoms with Crippen LogP contribution < -0.4 is 16.0 Å². The molecular weight excluding hydrogens is 290 g/mol. The van der Waals surface area contributed by atoms with Gasteiger partial charge in [0.25, 0.3) is 0 Å². The summed E-state index contributed by atoms with van der Waals surface area (Å²) in [5.74, 6) is 0.0644. The number of amides is 2. The minimum atomic E-state index is -0.397. The van der Waals surface area contributed by atoms with Gasteiger partial charge in [-0.05, 0) is 35.4 Å². The first-order valence-electron chi connectivity index (χ1n) is 8.49. The predicted octanol–water partition coefficient (Wildman–Crippen LogP) is 1.60. The fourth-order valence-corrected chi connectivity index (χ4v) is 3.66. The number of rotatable bonds is 5. The van der Waals surface area contributed by atoms with Crippen LogP contribution in [0.2, 0.25) is 0 Å². The molecule has 1 unspecified atom stereocenters. The minimum Gasteiger partial charge on any atom is -0.350 e. The summed E-state index contributed by atoms with van der Waals surface area (Å²) < 4.78 is 0. The van der Waals surface area contributed by atoms with Crippen molar-refractivity contribution in [3.8, 4) is 0 Å². The van der Waals surface area contributed by atoms with E-state index in [0.29, 0.717) is 6.54 Å². The molecule has 0 aromatic heterocycles.